The monoisotopic (exact) mass is 320 g/mol. The summed E-state index contributed by atoms with van der Waals surface area (Å²) in [7, 11) is 0. The van der Waals surface area contributed by atoms with Gasteiger partial charge in [0.25, 0.3) is 5.91 Å². The third-order valence-electron chi connectivity index (χ3n) is 3.98. The maximum Gasteiger partial charge on any atom is 0.260 e. The van der Waals surface area contributed by atoms with Crippen LogP contribution in [0.15, 0.2) is 42.5 Å². The molecule has 4 nitrogen and oxygen atoms in total. The van der Waals surface area contributed by atoms with Crippen molar-refractivity contribution in [3.8, 4) is 5.75 Å². The molecular weight excluding hydrogens is 300 g/mol. The molecule has 1 heterocycles. The number of hydrogen-bond donors (Lipinski definition) is 1. The number of rotatable bonds is 3. The summed E-state index contributed by atoms with van der Waals surface area (Å²) in [6, 6.07) is 14.2. The number of hydrogen-bond acceptors (Lipinski definition) is 3. The van der Waals surface area contributed by atoms with E-state index >= 15 is 0 Å². The van der Waals surface area contributed by atoms with Gasteiger partial charge in [0.05, 0.1) is 0 Å². The predicted octanol–water partition coefficient (Wildman–Crippen LogP) is 2.59. The summed E-state index contributed by atoms with van der Waals surface area (Å²) in [6.45, 7) is 1.57. The van der Waals surface area contributed by atoms with E-state index in [1.54, 1.807) is 0 Å². The first-order chi connectivity index (χ1) is 10.2. The molecule has 2 aromatic carbocycles. The third kappa shape index (κ3) is 3.90. The molecule has 0 atom stereocenters. The quantitative estimate of drug-likeness (QED) is 0.945. The van der Waals surface area contributed by atoms with Crippen LogP contribution in [0, 0.1) is 0 Å². The molecule has 2 aromatic rings. The van der Waals surface area contributed by atoms with Crippen LogP contribution in [0.1, 0.15) is 12.8 Å². The molecule has 3 rings (SSSR count). The molecule has 1 saturated heterocycles. The Hall–Kier alpha value is -1.78. The average Bonchev–Trinajstić information content (AvgIpc) is 2.53. The van der Waals surface area contributed by atoms with Gasteiger partial charge in [0.2, 0.25) is 0 Å². The minimum atomic E-state index is 0. The molecule has 5 heteroatoms. The molecule has 0 aliphatic carbocycles. The van der Waals surface area contributed by atoms with Crippen LogP contribution in [0.3, 0.4) is 0 Å². The van der Waals surface area contributed by atoms with Crippen molar-refractivity contribution in [2.45, 2.75) is 18.9 Å². The van der Waals surface area contributed by atoms with Crippen molar-refractivity contribution in [3.63, 3.8) is 0 Å². The van der Waals surface area contributed by atoms with Gasteiger partial charge in [-0.2, -0.15) is 0 Å². The first kappa shape index (κ1) is 16.6. The molecule has 0 bridgehead atoms. The van der Waals surface area contributed by atoms with Gasteiger partial charge < -0.3 is 15.4 Å². The molecule has 0 radical (unpaired) electrons. The number of likely N-dealkylation sites (tertiary alicyclic amines) is 1. The Morgan fingerprint density at radius 3 is 2.55 bits per heavy atom. The molecule has 0 saturated carbocycles. The zero-order valence-electron chi connectivity index (χ0n) is 12.4. The fraction of sp³-hybridized carbons (Fsp3) is 0.353. The number of nitrogens with zero attached hydrogens (tertiary/aromatic N) is 1. The zero-order chi connectivity index (χ0) is 14.7. The number of carbonyl (C=O) groups is 1. The molecule has 1 fully saturated rings. The fourth-order valence-corrected chi connectivity index (χ4v) is 2.64. The van der Waals surface area contributed by atoms with E-state index in [1.807, 2.05) is 41.3 Å². The highest BCUT2D eigenvalue weighted by atomic mass is 35.5. The van der Waals surface area contributed by atoms with Gasteiger partial charge in [0.15, 0.2) is 6.61 Å². The first-order valence-electron chi connectivity index (χ1n) is 7.37. The smallest absolute Gasteiger partial charge is 0.260 e. The Labute approximate surface area is 136 Å². The van der Waals surface area contributed by atoms with Crippen LogP contribution in [0.5, 0.6) is 5.75 Å². The number of ether oxygens (including phenoxy) is 1. The van der Waals surface area contributed by atoms with Gasteiger partial charge in [-0.3, -0.25) is 4.79 Å². The van der Waals surface area contributed by atoms with E-state index in [9.17, 15) is 4.79 Å². The molecule has 1 amide bonds. The molecule has 0 unspecified atom stereocenters. The Balaban J connectivity index is 0.00000176. The van der Waals surface area contributed by atoms with Gasteiger partial charge in [-0.05, 0) is 35.7 Å². The largest absolute Gasteiger partial charge is 0.484 e. The van der Waals surface area contributed by atoms with Crippen LogP contribution in [0.2, 0.25) is 0 Å². The summed E-state index contributed by atoms with van der Waals surface area (Å²) in [5.74, 6) is 0.769. The highest BCUT2D eigenvalue weighted by Gasteiger charge is 2.20. The maximum absolute atomic E-state index is 12.1. The van der Waals surface area contributed by atoms with Crippen LogP contribution < -0.4 is 10.5 Å². The topological polar surface area (TPSA) is 55.6 Å². The lowest BCUT2D eigenvalue weighted by Gasteiger charge is -2.30. The Bertz CT molecular complexity index is 639. The van der Waals surface area contributed by atoms with E-state index in [0.717, 1.165) is 37.1 Å². The molecule has 2 N–H and O–H groups in total. The minimum Gasteiger partial charge on any atom is -0.484 e. The van der Waals surface area contributed by atoms with E-state index in [2.05, 4.69) is 6.07 Å². The number of piperidine rings is 1. The van der Waals surface area contributed by atoms with E-state index in [1.165, 1.54) is 5.39 Å². The van der Waals surface area contributed by atoms with Gasteiger partial charge >= 0.3 is 0 Å². The van der Waals surface area contributed by atoms with Crippen molar-refractivity contribution in [1.82, 2.24) is 4.90 Å². The van der Waals surface area contributed by atoms with Crippen molar-refractivity contribution in [2.75, 3.05) is 19.7 Å². The minimum absolute atomic E-state index is 0. The molecule has 118 valence electrons. The lowest BCUT2D eigenvalue weighted by atomic mass is 10.1. The SMILES string of the molecule is Cl.NC1CCN(C(=O)COc2ccc3ccccc3c2)CC1. The van der Waals surface area contributed by atoms with Crippen molar-refractivity contribution >= 4 is 29.1 Å². The second-order valence-corrected chi connectivity index (χ2v) is 5.52. The third-order valence-corrected chi connectivity index (χ3v) is 3.98. The van der Waals surface area contributed by atoms with Crippen molar-refractivity contribution in [1.29, 1.82) is 0 Å². The second kappa shape index (κ2) is 7.47. The Morgan fingerprint density at radius 2 is 1.82 bits per heavy atom. The van der Waals surface area contributed by atoms with Crippen molar-refractivity contribution in [2.24, 2.45) is 5.73 Å². The average molecular weight is 321 g/mol. The number of fused-ring (bicyclic) bond motifs is 1. The van der Waals surface area contributed by atoms with Gasteiger partial charge in [-0.15, -0.1) is 12.4 Å². The van der Waals surface area contributed by atoms with Crippen LogP contribution in [0.25, 0.3) is 10.8 Å². The Kier molecular flexibility index (Phi) is 5.63. The standard InChI is InChI=1S/C17H20N2O2.ClH/c18-15-7-9-19(10-8-15)17(20)12-21-16-6-5-13-3-1-2-4-14(13)11-16;/h1-6,11,15H,7-10,12,18H2;1H. The van der Waals surface area contributed by atoms with Crippen LogP contribution in [0.4, 0.5) is 0 Å². The van der Waals surface area contributed by atoms with Gasteiger partial charge in [-0.1, -0.05) is 30.3 Å². The highest BCUT2D eigenvalue weighted by Crippen LogP contribution is 2.20. The van der Waals surface area contributed by atoms with E-state index < -0.39 is 0 Å². The van der Waals surface area contributed by atoms with Crippen molar-refractivity contribution < 1.29 is 9.53 Å². The number of nitrogens with two attached hydrogens (primary N) is 1. The summed E-state index contributed by atoms with van der Waals surface area (Å²) in [6.07, 6.45) is 1.75. The van der Waals surface area contributed by atoms with Gasteiger partial charge in [0, 0.05) is 19.1 Å². The number of carbonyl (C=O) groups excluding carboxylic acids is 1. The maximum atomic E-state index is 12.1. The van der Waals surface area contributed by atoms with Crippen LogP contribution >= 0.6 is 12.4 Å². The van der Waals surface area contributed by atoms with Gasteiger partial charge in [-0.25, -0.2) is 0 Å². The summed E-state index contributed by atoms with van der Waals surface area (Å²) >= 11 is 0. The number of amides is 1. The van der Waals surface area contributed by atoms with E-state index in [-0.39, 0.29) is 31.0 Å². The Morgan fingerprint density at radius 1 is 1.14 bits per heavy atom. The molecule has 0 spiro atoms. The summed E-state index contributed by atoms with van der Waals surface area (Å²) < 4.78 is 5.63. The van der Waals surface area contributed by atoms with Gasteiger partial charge in [0.1, 0.15) is 5.75 Å². The summed E-state index contributed by atoms with van der Waals surface area (Å²) in [5, 5.41) is 2.28. The van der Waals surface area contributed by atoms with E-state index in [0.29, 0.717) is 0 Å². The molecule has 1 aliphatic rings. The first-order valence-corrected chi connectivity index (χ1v) is 7.37. The van der Waals surface area contributed by atoms with E-state index in [4.69, 9.17) is 10.5 Å². The molecule has 22 heavy (non-hydrogen) atoms. The lowest BCUT2D eigenvalue weighted by Crippen LogP contribution is -2.44. The van der Waals surface area contributed by atoms with Crippen LogP contribution in [-0.2, 0) is 4.79 Å². The van der Waals surface area contributed by atoms with Crippen molar-refractivity contribution in [3.05, 3.63) is 42.5 Å². The molecule has 1 aliphatic heterocycles. The zero-order valence-corrected chi connectivity index (χ0v) is 13.2. The predicted molar refractivity (Wildman–Crippen MR) is 90.5 cm³/mol. The molecule has 0 aromatic heterocycles. The summed E-state index contributed by atoms with van der Waals surface area (Å²) in [5.41, 5.74) is 5.85. The summed E-state index contributed by atoms with van der Waals surface area (Å²) in [4.78, 5) is 13.9. The number of halogens is 1. The molecular formula is C17H21ClN2O2. The highest BCUT2D eigenvalue weighted by molar-refractivity contribution is 5.85. The lowest BCUT2D eigenvalue weighted by molar-refractivity contribution is -0.134. The fourth-order valence-electron chi connectivity index (χ4n) is 2.64. The normalized spacial score (nSPS) is 15.4. The second-order valence-electron chi connectivity index (χ2n) is 5.52. The van der Waals surface area contributed by atoms with Crippen LogP contribution in [-0.4, -0.2) is 36.5 Å². The number of benzene rings is 2.